The molecule has 0 aliphatic carbocycles. The number of allylic oxidation sites excluding steroid dienone is 4. The normalized spacial score (nSPS) is 18.5. The second-order valence-electron chi connectivity index (χ2n) is 20.3. The van der Waals surface area contributed by atoms with Crippen molar-refractivity contribution < 1.29 is 23.6 Å². The zero-order valence-corrected chi connectivity index (χ0v) is 43.4. The number of carbonyl (C=O) groups excluding carboxylic acids is 2. The Bertz CT molecular complexity index is 2940. The summed E-state index contributed by atoms with van der Waals surface area (Å²) < 4.78 is 17.2. The number of ether oxygens (including phenoxy) is 2. The maximum absolute atomic E-state index is 12.7. The highest BCUT2D eigenvalue weighted by Crippen LogP contribution is 2.51. The molecule has 0 bridgehead atoms. The molecule has 374 valence electrons. The van der Waals surface area contributed by atoms with Crippen molar-refractivity contribution in [2.45, 2.75) is 120 Å². The number of carbonyl (C=O) groups is 2. The molecule has 4 aromatic carbocycles. The van der Waals surface area contributed by atoms with Gasteiger partial charge in [-0.3, -0.25) is 9.59 Å². The summed E-state index contributed by atoms with van der Waals surface area (Å²) in [5.41, 5.74) is 12.7. The third-order valence-electron chi connectivity index (χ3n) is 15.3. The minimum absolute atomic E-state index is 0.0651. The van der Waals surface area contributed by atoms with Crippen molar-refractivity contribution in [1.29, 1.82) is 0 Å². The lowest BCUT2D eigenvalue weighted by Crippen LogP contribution is -2.45. The topological polar surface area (TPSA) is 99.1 Å². The molecular formula is C60H69N6O4S2+. The third-order valence-corrected chi connectivity index (χ3v) is 17.7. The Kier molecular flexibility index (Phi) is 15.0. The van der Waals surface area contributed by atoms with Gasteiger partial charge < -0.3 is 35.2 Å². The summed E-state index contributed by atoms with van der Waals surface area (Å²) in [6, 6.07) is 30.2. The van der Waals surface area contributed by atoms with Gasteiger partial charge >= 0.3 is 0 Å². The molecule has 6 aliphatic heterocycles. The Labute approximate surface area is 433 Å². The molecule has 2 amide bonds. The zero-order valence-electron chi connectivity index (χ0n) is 41.8. The van der Waals surface area contributed by atoms with Crippen LogP contribution in [0.25, 0.3) is 26.9 Å². The number of rotatable bonds is 20. The van der Waals surface area contributed by atoms with Crippen LogP contribution in [0.1, 0.15) is 113 Å². The number of aryl methyl sites for hydroxylation is 1. The molecule has 72 heavy (non-hydrogen) atoms. The number of hydrogen-bond donors (Lipinski definition) is 3. The maximum atomic E-state index is 12.7. The summed E-state index contributed by atoms with van der Waals surface area (Å²) in [6.45, 7) is 7.39. The van der Waals surface area contributed by atoms with E-state index in [1.807, 2.05) is 23.1 Å². The number of thioether (sulfide) groups is 1. The molecule has 0 spiro atoms. The van der Waals surface area contributed by atoms with Crippen molar-refractivity contribution in [2.75, 3.05) is 53.6 Å². The van der Waals surface area contributed by atoms with E-state index in [9.17, 15) is 9.59 Å². The smallest absolute Gasteiger partial charge is 0.270 e. The van der Waals surface area contributed by atoms with Crippen LogP contribution in [-0.2, 0) is 16.1 Å². The van der Waals surface area contributed by atoms with E-state index in [-0.39, 0.29) is 24.0 Å². The van der Waals surface area contributed by atoms with Gasteiger partial charge in [0.25, 0.3) is 5.01 Å². The number of aromatic nitrogens is 1. The van der Waals surface area contributed by atoms with Gasteiger partial charge in [-0.15, -0.1) is 11.8 Å². The van der Waals surface area contributed by atoms with Crippen LogP contribution in [0, 0.1) is 5.92 Å². The van der Waals surface area contributed by atoms with Gasteiger partial charge in [-0.2, -0.15) is 4.57 Å². The van der Waals surface area contributed by atoms with E-state index in [0.717, 1.165) is 134 Å². The largest absolute Gasteiger partial charge is 0.485 e. The number of fused-ring (bicyclic) bond motifs is 7. The zero-order chi connectivity index (χ0) is 48.8. The monoisotopic (exact) mass is 1000 g/mol. The van der Waals surface area contributed by atoms with Crippen LogP contribution in [0.3, 0.4) is 0 Å². The van der Waals surface area contributed by atoms with E-state index < -0.39 is 0 Å². The molecule has 0 saturated heterocycles. The molecule has 1 aromatic heterocycles. The van der Waals surface area contributed by atoms with Crippen LogP contribution >= 0.6 is 23.1 Å². The van der Waals surface area contributed by atoms with Gasteiger partial charge in [0.2, 0.25) is 17.3 Å². The maximum Gasteiger partial charge on any atom is 0.270 e. The predicted octanol–water partition coefficient (Wildman–Crippen LogP) is 12.3. The number of thiazole rings is 1. The van der Waals surface area contributed by atoms with Crippen LogP contribution in [-0.4, -0.2) is 62.5 Å². The first-order chi connectivity index (χ1) is 35.5. The molecule has 11 rings (SSSR count). The lowest BCUT2D eigenvalue weighted by Gasteiger charge is -2.36. The van der Waals surface area contributed by atoms with Gasteiger partial charge in [0.05, 0.1) is 16.9 Å². The van der Waals surface area contributed by atoms with E-state index in [1.165, 1.54) is 70.6 Å². The summed E-state index contributed by atoms with van der Waals surface area (Å²) >= 11 is 3.77. The molecule has 12 heteroatoms. The van der Waals surface area contributed by atoms with Crippen molar-refractivity contribution in [3.8, 4) is 11.5 Å². The van der Waals surface area contributed by atoms with Gasteiger partial charge in [-0.25, -0.2) is 0 Å². The number of amides is 2. The Morgan fingerprint density at radius 2 is 1.35 bits per heavy atom. The summed E-state index contributed by atoms with van der Waals surface area (Å²) in [6.07, 6.45) is 22.2. The lowest BCUT2D eigenvalue weighted by molar-refractivity contribution is -0.673. The number of unbranched alkanes of at least 4 members (excludes halogenated alkanes) is 4. The lowest BCUT2D eigenvalue weighted by atomic mass is 9.87. The second kappa shape index (κ2) is 22.4. The molecule has 3 atom stereocenters. The van der Waals surface area contributed by atoms with Crippen LogP contribution in [0.4, 0.5) is 17.1 Å². The molecular weight excluding hydrogens is 933 g/mol. The average Bonchev–Trinajstić information content (AvgIpc) is 3.82. The van der Waals surface area contributed by atoms with E-state index in [2.05, 4.69) is 147 Å². The quantitative estimate of drug-likeness (QED) is 0.0524. The molecule has 0 fully saturated rings. The number of nitrogens with zero attached hydrogens (tertiary/aromatic N) is 3. The van der Waals surface area contributed by atoms with Crippen LogP contribution < -0.4 is 39.8 Å². The van der Waals surface area contributed by atoms with Crippen LogP contribution in [0.2, 0.25) is 0 Å². The fourth-order valence-electron chi connectivity index (χ4n) is 11.5. The van der Waals surface area contributed by atoms with E-state index >= 15 is 0 Å². The van der Waals surface area contributed by atoms with Gasteiger partial charge in [0, 0.05) is 110 Å². The van der Waals surface area contributed by atoms with Crippen molar-refractivity contribution in [2.24, 2.45) is 5.92 Å². The summed E-state index contributed by atoms with van der Waals surface area (Å²) in [7, 11) is 0. The minimum atomic E-state index is 0.0651. The molecule has 3 unspecified atom stereocenters. The standard InChI is InChI=1S/C60H68N6O4S2/c1-41(16-14-32-62-55(67)26-4-2-10-35-64-37-29-42-44-40-71-53-24-8-6-18-45(53)61-34-28-49(44)69-50-22-12-20-47(64)57(42)50)17-15-33-63-56(68)27-5-3-11-36-65-38-30-43-58-48(65)21-13-23-51(58)70-52-31-39-66-46-19-7-9-25-54(46)72-60(66)59(43)52/h6-9,12-13,18-25,29-30,37-38,41,49,52,61H,2-5,10-11,14-17,26-28,31-36,39-40H2,1H3,(H-,62,63,67,68)/p+1. The van der Waals surface area contributed by atoms with Gasteiger partial charge in [0.15, 0.2) is 6.54 Å². The SMILES string of the molecule is CC(CCCNC(=O)CCCCCN1C=CC2=C3CSc4ccccc4NCCC3Oc3cccc1c32)CCCNC(=O)CCCCCN1C=CC2=C3c4sc5ccccc5[n+]4CCC3Oc3cccc1c32. The van der Waals surface area contributed by atoms with Gasteiger partial charge in [-0.1, -0.05) is 67.5 Å². The van der Waals surface area contributed by atoms with Crippen molar-refractivity contribution in [3.05, 3.63) is 131 Å². The highest BCUT2D eigenvalue weighted by atomic mass is 32.2. The van der Waals surface area contributed by atoms with Crippen molar-refractivity contribution >= 4 is 78.9 Å². The van der Waals surface area contributed by atoms with Crippen LogP contribution in [0.15, 0.2) is 120 Å². The summed E-state index contributed by atoms with van der Waals surface area (Å²) in [5, 5.41) is 11.3. The highest BCUT2D eigenvalue weighted by molar-refractivity contribution is 7.99. The fraction of sp³-hybridized carbons (Fsp3) is 0.417. The van der Waals surface area contributed by atoms with Gasteiger partial charge in [0.1, 0.15) is 28.4 Å². The molecule has 0 radical (unpaired) electrons. The number of para-hydroxylation sites is 2. The van der Waals surface area contributed by atoms with E-state index in [4.69, 9.17) is 9.47 Å². The molecule has 5 aromatic rings. The number of nitrogens with one attached hydrogen (secondary N) is 3. The first-order valence-electron chi connectivity index (χ1n) is 26.8. The third kappa shape index (κ3) is 10.4. The number of anilines is 3. The first-order valence-corrected chi connectivity index (χ1v) is 28.6. The summed E-state index contributed by atoms with van der Waals surface area (Å²) in [4.78, 5) is 31.4. The summed E-state index contributed by atoms with van der Waals surface area (Å²) in [5.74, 6) is 3.74. The number of hydrogen-bond acceptors (Lipinski definition) is 9. The Morgan fingerprint density at radius 3 is 2.07 bits per heavy atom. The average molecular weight is 1000 g/mol. The Balaban J connectivity index is 0.537. The van der Waals surface area contributed by atoms with Gasteiger partial charge in [-0.05, 0) is 123 Å². The van der Waals surface area contributed by atoms with E-state index in [0.29, 0.717) is 18.8 Å². The molecule has 6 aliphatic rings. The van der Waals surface area contributed by atoms with Crippen molar-refractivity contribution in [1.82, 2.24) is 10.6 Å². The second-order valence-corrected chi connectivity index (χ2v) is 22.4. The molecule has 0 saturated carbocycles. The predicted molar refractivity (Wildman–Crippen MR) is 296 cm³/mol. The van der Waals surface area contributed by atoms with E-state index in [1.54, 1.807) is 0 Å². The fourth-order valence-corrected chi connectivity index (χ4v) is 14.0. The van der Waals surface area contributed by atoms with Crippen LogP contribution in [0.5, 0.6) is 11.5 Å². The number of benzene rings is 4. The van der Waals surface area contributed by atoms with Crippen molar-refractivity contribution in [3.63, 3.8) is 0 Å². The molecule has 10 nitrogen and oxygen atoms in total. The Hall–Kier alpha value is -5.98. The minimum Gasteiger partial charge on any atom is -0.485 e. The molecule has 3 N–H and O–H groups in total. The molecule has 7 heterocycles. The Morgan fingerprint density at radius 1 is 0.708 bits per heavy atom. The first kappa shape index (κ1) is 48.3. The highest BCUT2D eigenvalue weighted by Gasteiger charge is 2.42.